The van der Waals surface area contributed by atoms with Crippen LogP contribution in [-0.2, 0) is 17.8 Å². The summed E-state index contributed by atoms with van der Waals surface area (Å²) in [5.41, 5.74) is 2.59. The number of aliphatic hydroxyl groups is 2. The molecule has 0 spiro atoms. The molecular weight excluding hydrogens is 512 g/mol. The highest BCUT2D eigenvalue weighted by Crippen LogP contribution is 2.46. The second-order valence-electron chi connectivity index (χ2n) is 11.9. The van der Waals surface area contributed by atoms with Crippen molar-refractivity contribution in [3.05, 3.63) is 105 Å². The fourth-order valence-electron chi connectivity index (χ4n) is 5.94. The Morgan fingerprint density at radius 2 is 1.87 bits per heavy atom. The smallest absolute Gasteiger partial charge is 0.238 e. The minimum atomic E-state index is -1.01. The predicted molar refractivity (Wildman–Crippen MR) is 153 cm³/mol. The number of hydrogen-bond acceptors (Lipinski definition) is 5. The van der Waals surface area contributed by atoms with Gasteiger partial charge in [0.1, 0.15) is 5.75 Å². The molecule has 0 bridgehead atoms. The average Bonchev–Trinajstić information content (AvgIpc) is 3.03. The number of hydrogen-bond donors (Lipinski definition) is 2. The number of likely N-dealkylation sites (tertiary alicyclic amines) is 1. The fourth-order valence-corrected chi connectivity index (χ4v) is 6.06. The van der Waals surface area contributed by atoms with Crippen molar-refractivity contribution in [3.63, 3.8) is 0 Å². The van der Waals surface area contributed by atoms with Crippen molar-refractivity contribution in [3.8, 4) is 5.75 Å². The van der Waals surface area contributed by atoms with Gasteiger partial charge < -0.3 is 25.1 Å². The number of piperidine rings is 1. The predicted octanol–water partition coefficient (Wildman–Crippen LogP) is 5.53. The minimum Gasteiger partial charge on any atom is -0.618 e. The van der Waals surface area contributed by atoms with E-state index in [1.165, 1.54) is 6.20 Å². The van der Waals surface area contributed by atoms with Crippen LogP contribution in [0.25, 0.3) is 5.57 Å². The average molecular weight is 549 g/mol. The van der Waals surface area contributed by atoms with Crippen LogP contribution < -0.4 is 9.47 Å². The molecule has 3 aromatic rings. The lowest BCUT2D eigenvalue weighted by Crippen LogP contribution is -2.55. The largest absolute Gasteiger partial charge is 0.618 e. The number of nitrogens with zero attached hydrogens (tertiary/aromatic N) is 2. The lowest BCUT2D eigenvalue weighted by atomic mass is 9.66. The molecule has 3 heterocycles. The zero-order chi connectivity index (χ0) is 28.0. The first-order valence-electron chi connectivity index (χ1n) is 13.5. The summed E-state index contributed by atoms with van der Waals surface area (Å²) < 4.78 is 6.93. The summed E-state index contributed by atoms with van der Waals surface area (Å²) in [5, 5.41) is 35.7. The molecule has 2 aromatic carbocycles. The third-order valence-electron chi connectivity index (χ3n) is 8.34. The lowest BCUT2D eigenvalue weighted by Gasteiger charge is -2.50. The second kappa shape index (κ2) is 10.3. The van der Waals surface area contributed by atoms with E-state index < -0.39 is 11.2 Å². The summed E-state index contributed by atoms with van der Waals surface area (Å²) in [6.07, 6.45) is 5.05. The third kappa shape index (κ3) is 5.31. The number of pyridine rings is 1. The van der Waals surface area contributed by atoms with Crippen molar-refractivity contribution in [1.82, 2.24) is 4.90 Å². The van der Waals surface area contributed by atoms with Gasteiger partial charge >= 0.3 is 0 Å². The molecule has 1 fully saturated rings. The molecule has 1 aromatic heterocycles. The SMILES string of the molecule is CC(C)(O)c1ccc2c(c1)/C(=C/CCN1CCC(O)(c3ccc(Cl)cc3)C(C)(C)C1)c1ccc[n+]([O-])c1CO2. The highest BCUT2D eigenvalue weighted by atomic mass is 35.5. The van der Waals surface area contributed by atoms with Crippen LogP contribution in [-0.4, -0.2) is 34.7 Å². The number of rotatable bonds is 5. The van der Waals surface area contributed by atoms with Gasteiger partial charge in [-0.1, -0.05) is 49.7 Å². The summed E-state index contributed by atoms with van der Waals surface area (Å²) in [4.78, 5) is 2.39. The lowest BCUT2D eigenvalue weighted by molar-refractivity contribution is -0.616. The molecule has 39 heavy (non-hydrogen) atoms. The zero-order valence-electron chi connectivity index (χ0n) is 23.1. The molecule has 206 valence electrons. The molecule has 5 rings (SSSR count). The summed E-state index contributed by atoms with van der Waals surface area (Å²) in [7, 11) is 0. The molecule has 1 atom stereocenters. The van der Waals surface area contributed by atoms with E-state index in [9.17, 15) is 15.4 Å². The highest BCUT2D eigenvalue weighted by molar-refractivity contribution is 6.30. The van der Waals surface area contributed by atoms with E-state index in [1.807, 2.05) is 48.5 Å². The number of benzene rings is 2. The topological polar surface area (TPSA) is 79.9 Å². The monoisotopic (exact) mass is 548 g/mol. The van der Waals surface area contributed by atoms with Gasteiger partial charge in [0.05, 0.1) is 16.8 Å². The molecule has 6 nitrogen and oxygen atoms in total. The Hall–Kier alpha value is -2.90. The van der Waals surface area contributed by atoms with Crippen LogP contribution in [0.4, 0.5) is 0 Å². The van der Waals surface area contributed by atoms with Gasteiger partial charge in [0, 0.05) is 41.7 Å². The van der Waals surface area contributed by atoms with Crippen molar-refractivity contribution in [2.75, 3.05) is 19.6 Å². The second-order valence-corrected chi connectivity index (χ2v) is 12.4. The molecule has 2 aliphatic heterocycles. The molecule has 1 saturated heterocycles. The first kappa shape index (κ1) is 27.7. The third-order valence-corrected chi connectivity index (χ3v) is 8.59. The van der Waals surface area contributed by atoms with Crippen molar-refractivity contribution in [2.45, 2.75) is 58.3 Å². The Balaban J connectivity index is 1.41. The van der Waals surface area contributed by atoms with E-state index in [-0.39, 0.29) is 12.0 Å². The van der Waals surface area contributed by atoms with Crippen LogP contribution in [0, 0.1) is 10.6 Å². The van der Waals surface area contributed by atoms with Gasteiger partial charge in [-0.05, 0) is 73.7 Å². The maximum Gasteiger partial charge on any atom is 0.238 e. The minimum absolute atomic E-state index is 0.176. The molecule has 1 unspecified atom stereocenters. The van der Waals surface area contributed by atoms with Gasteiger partial charge in [-0.2, -0.15) is 4.73 Å². The van der Waals surface area contributed by atoms with Crippen molar-refractivity contribution in [1.29, 1.82) is 0 Å². The first-order valence-corrected chi connectivity index (χ1v) is 13.9. The first-order chi connectivity index (χ1) is 18.4. The van der Waals surface area contributed by atoms with E-state index in [0.717, 1.165) is 58.6 Å². The van der Waals surface area contributed by atoms with Gasteiger partial charge in [0.2, 0.25) is 5.69 Å². The normalized spacial score (nSPS) is 22.1. The van der Waals surface area contributed by atoms with Crippen LogP contribution in [0.15, 0.2) is 66.9 Å². The van der Waals surface area contributed by atoms with E-state index in [2.05, 4.69) is 24.8 Å². The standard InChI is InChI=1S/C32H37ClN2O4/c1-30(2)21-34(18-15-32(30,37)22-9-12-24(33)13-10-22)16-5-7-25-26-8-6-17-35(38)28(26)20-39-29-14-11-23(19-27(25)29)31(3,4)36/h6-14,17,19,36-37H,5,15-16,18,20-21H2,1-4H3/b25-7+. The van der Waals surface area contributed by atoms with Gasteiger partial charge in [0.15, 0.2) is 12.8 Å². The Labute approximate surface area is 235 Å². The maximum atomic E-state index is 12.7. The molecule has 0 amide bonds. The van der Waals surface area contributed by atoms with Crippen molar-refractivity contribution in [2.24, 2.45) is 5.41 Å². The number of halogens is 1. The van der Waals surface area contributed by atoms with E-state index in [0.29, 0.717) is 22.9 Å². The Kier molecular flexibility index (Phi) is 7.27. The molecular formula is C32H37ClN2O4. The molecule has 0 aliphatic carbocycles. The Morgan fingerprint density at radius 1 is 1.13 bits per heavy atom. The van der Waals surface area contributed by atoms with E-state index >= 15 is 0 Å². The van der Waals surface area contributed by atoms with E-state index in [4.69, 9.17) is 16.3 Å². The summed E-state index contributed by atoms with van der Waals surface area (Å²) >= 11 is 6.09. The number of aromatic nitrogens is 1. The maximum absolute atomic E-state index is 12.7. The van der Waals surface area contributed by atoms with Gasteiger partial charge in [-0.25, -0.2) is 0 Å². The Bertz CT molecular complexity index is 1390. The Morgan fingerprint density at radius 3 is 2.56 bits per heavy atom. The molecule has 0 saturated carbocycles. The zero-order valence-corrected chi connectivity index (χ0v) is 23.8. The van der Waals surface area contributed by atoms with Crippen LogP contribution in [0.3, 0.4) is 0 Å². The van der Waals surface area contributed by atoms with Crippen molar-refractivity contribution >= 4 is 17.2 Å². The summed E-state index contributed by atoms with van der Waals surface area (Å²) in [6.45, 7) is 10.3. The van der Waals surface area contributed by atoms with Gasteiger partial charge in [-0.15, -0.1) is 0 Å². The van der Waals surface area contributed by atoms with Gasteiger partial charge in [0.25, 0.3) is 0 Å². The molecule has 0 radical (unpaired) electrons. The van der Waals surface area contributed by atoms with Crippen LogP contribution in [0.2, 0.25) is 5.02 Å². The summed E-state index contributed by atoms with van der Waals surface area (Å²) in [6, 6.07) is 17.0. The number of fused-ring (bicyclic) bond motifs is 2. The van der Waals surface area contributed by atoms with Gasteiger partial charge in [-0.3, -0.25) is 0 Å². The van der Waals surface area contributed by atoms with Crippen molar-refractivity contribution < 1.29 is 19.7 Å². The molecule has 7 heteroatoms. The molecule has 2 aliphatic rings. The van der Waals surface area contributed by atoms with Crippen LogP contribution in [0.5, 0.6) is 5.75 Å². The van der Waals surface area contributed by atoms with E-state index in [1.54, 1.807) is 19.9 Å². The molecule has 2 N–H and O–H groups in total. The quantitative estimate of drug-likeness (QED) is 0.323. The van der Waals surface area contributed by atoms with Crippen LogP contribution in [0.1, 0.15) is 68.5 Å². The summed E-state index contributed by atoms with van der Waals surface area (Å²) in [5.74, 6) is 0.692. The fraction of sp³-hybridized carbons (Fsp3) is 0.406. The highest BCUT2D eigenvalue weighted by Gasteiger charge is 2.48. The number of ether oxygens (including phenoxy) is 1. The van der Waals surface area contributed by atoms with Crippen LogP contribution >= 0.6 is 11.6 Å².